The number of hydrogen-bond donors (Lipinski definition) is 7. The number of rotatable bonds is 15. The maximum absolute atomic E-state index is 14.7. The highest BCUT2D eigenvalue weighted by atomic mass is 16.5. The van der Waals surface area contributed by atoms with Crippen LogP contribution >= 0.6 is 0 Å². The lowest BCUT2D eigenvalue weighted by atomic mass is 9.86. The Hall–Kier alpha value is -6.87. The van der Waals surface area contributed by atoms with Gasteiger partial charge in [-0.1, -0.05) is 57.2 Å². The number of aryl methyl sites for hydroxylation is 1. The molecule has 4 bridgehead atoms. The minimum atomic E-state index is -1.39. The molecular weight excluding hydrogens is 829 g/mol. The summed E-state index contributed by atoms with van der Waals surface area (Å²) in [6, 6.07) is 18.6. The van der Waals surface area contributed by atoms with Crippen LogP contribution in [0.1, 0.15) is 72.9 Å². The summed E-state index contributed by atoms with van der Waals surface area (Å²) in [7, 11) is 1.42. The first-order valence-electron chi connectivity index (χ1n) is 21.6. The van der Waals surface area contributed by atoms with E-state index in [1.54, 1.807) is 55.5 Å². The molecule has 344 valence electrons. The third-order valence-corrected chi connectivity index (χ3v) is 11.0. The lowest BCUT2D eigenvalue weighted by molar-refractivity contribution is -0.141. The van der Waals surface area contributed by atoms with E-state index in [1.807, 2.05) is 18.2 Å². The average Bonchev–Trinajstić information content (AvgIpc) is 3.28. The summed E-state index contributed by atoms with van der Waals surface area (Å²) in [6.07, 6.45) is 0.0273. The number of amides is 5. The molecule has 17 heteroatoms. The Bertz CT molecular complexity index is 2410. The summed E-state index contributed by atoms with van der Waals surface area (Å²) < 4.78 is 12.2. The van der Waals surface area contributed by atoms with E-state index >= 15 is 0 Å². The molecule has 0 radical (unpaired) electrons. The molecule has 4 atom stereocenters. The first-order chi connectivity index (χ1) is 31.0. The number of aromatic nitrogens is 1. The van der Waals surface area contributed by atoms with E-state index < -0.39 is 53.7 Å². The van der Waals surface area contributed by atoms with Gasteiger partial charge in [0.1, 0.15) is 55.4 Å². The predicted octanol–water partition coefficient (Wildman–Crippen LogP) is 2.53. The molecule has 2 heterocycles. The summed E-state index contributed by atoms with van der Waals surface area (Å²) in [4.78, 5) is 76.1. The van der Waals surface area contributed by atoms with Crippen molar-refractivity contribution in [2.75, 3.05) is 46.4 Å². The fraction of sp³-hybridized carbons (Fsp3) is 0.396. The summed E-state index contributed by atoms with van der Waals surface area (Å²) >= 11 is 0. The molecular formula is C48H60N10O7. The van der Waals surface area contributed by atoms with Gasteiger partial charge in [0, 0.05) is 43.2 Å². The maximum Gasteiger partial charge on any atom is 0.253 e. The number of likely N-dealkylation sites (N-methyl/N-ethyl adjacent to an activating group) is 1. The zero-order valence-electron chi connectivity index (χ0n) is 37.8. The SMILES string of the molecule is Cc1nc(-c2ccc(C(C)(C)C)cc2)ccc1C(=O)NC(CCN)C(=O)N(C)[C@@H]1C(=O)N[C@@H](C)C(=O)N[C@H](C(=O)NCC#N)Cc2ccc(OCCN)c(c2)-c2cc1ccc2OCCN. The summed E-state index contributed by atoms with van der Waals surface area (Å²) in [6.45, 7) is 9.97. The zero-order chi connectivity index (χ0) is 47.4. The van der Waals surface area contributed by atoms with E-state index in [4.69, 9.17) is 36.9 Å². The highest BCUT2D eigenvalue weighted by Gasteiger charge is 2.36. The van der Waals surface area contributed by atoms with Gasteiger partial charge in [0.05, 0.1) is 23.0 Å². The van der Waals surface area contributed by atoms with Gasteiger partial charge < -0.3 is 52.8 Å². The van der Waals surface area contributed by atoms with Gasteiger partial charge in [-0.05, 0) is 85.3 Å². The number of nitrogens with zero attached hydrogens (tertiary/aromatic N) is 3. The smallest absolute Gasteiger partial charge is 0.253 e. The molecule has 1 aliphatic heterocycles. The van der Waals surface area contributed by atoms with Crippen molar-refractivity contribution in [1.82, 2.24) is 31.2 Å². The Morgan fingerprint density at radius 3 is 2.14 bits per heavy atom. The maximum atomic E-state index is 14.7. The standard InChI is InChI=1S/C48H60N10O7/c1-28-34(13-14-37(54-28)31-8-11-33(12-9-31)48(3,4)5)44(60)56-38(17-18-49)47(63)58(6)42-32-10-16-41(65-24-21-52)36(27-32)35-25-30(7-15-40(35)64-23-20-51)26-39(45(61)53-22-19-50)57-43(59)29(2)55-46(42)62/h7-16,25,27,29,38-39,42H,17-18,20-24,26,49,51-52H2,1-6H3,(H,53,61)(H,55,62)(H,56,60)(H,57,59)/t29-,38?,39-,42-/m0/s1. The number of hydrogen-bond acceptors (Lipinski definition) is 12. The quantitative estimate of drug-likeness (QED) is 0.0850. The highest BCUT2D eigenvalue weighted by molar-refractivity contribution is 6.00. The molecule has 1 aliphatic rings. The van der Waals surface area contributed by atoms with Gasteiger partial charge in [-0.2, -0.15) is 5.26 Å². The number of carbonyl (C=O) groups is 5. The van der Waals surface area contributed by atoms with Crippen molar-refractivity contribution in [2.24, 2.45) is 17.2 Å². The fourth-order valence-corrected chi connectivity index (χ4v) is 7.47. The molecule has 5 amide bonds. The highest BCUT2D eigenvalue weighted by Crippen LogP contribution is 2.40. The van der Waals surface area contributed by atoms with E-state index in [0.717, 1.165) is 5.56 Å². The summed E-state index contributed by atoms with van der Waals surface area (Å²) in [5.74, 6) is -2.48. The number of nitriles is 1. The molecule has 0 aliphatic carbocycles. The lowest BCUT2D eigenvalue weighted by Gasteiger charge is -2.32. The topological polar surface area (TPSA) is 270 Å². The van der Waals surface area contributed by atoms with E-state index in [-0.39, 0.29) is 63.2 Å². The van der Waals surface area contributed by atoms with Gasteiger partial charge in [-0.25, -0.2) is 0 Å². The number of nitrogens with one attached hydrogen (secondary N) is 4. The van der Waals surface area contributed by atoms with Crippen molar-refractivity contribution in [2.45, 2.75) is 77.0 Å². The molecule has 4 aromatic rings. The molecule has 1 unspecified atom stereocenters. The average molecular weight is 889 g/mol. The number of nitrogens with two attached hydrogens (primary N) is 3. The molecule has 10 N–H and O–H groups in total. The van der Waals surface area contributed by atoms with Crippen molar-refractivity contribution >= 4 is 29.5 Å². The van der Waals surface area contributed by atoms with Crippen LogP contribution in [0.2, 0.25) is 0 Å². The van der Waals surface area contributed by atoms with Crippen molar-refractivity contribution < 1.29 is 33.4 Å². The van der Waals surface area contributed by atoms with Gasteiger partial charge in [-0.3, -0.25) is 29.0 Å². The van der Waals surface area contributed by atoms with Crippen molar-refractivity contribution in [1.29, 1.82) is 5.26 Å². The normalized spacial score (nSPS) is 16.7. The summed E-state index contributed by atoms with van der Waals surface area (Å²) in [5.41, 5.74) is 23.0. The third-order valence-electron chi connectivity index (χ3n) is 11.0. The van der Waals surface area contributed by atoms with Crippen molar-refractivity contribution in [3.05, 3.63) is 101 Å². The third kappa shape index (κ3) is 12.2. The largest absolute Gasteiger partial charge is 0.492 e. The number of ether oxygens (including phenoxy) is 2. The molecule has 0 saturated heterocycles. The lowest BCUT2D eigenvalue weighted by Crippen LogP contribution is -2.56. The van der Waals surface area contributed by atoms with Gasteiger partial charge >= 0.3 is 0 Å². The number of pyridine rings is 1. The van der Waals surface area contributed by atoms with Crippen LogP contribution in [0.15, 0.2) is 72.8 Å². The minimum Gasteiger partial charge on any atom is -0.492 e. The van der Waals surface area contributed by atoms with E-state index in [1.165, 1.54) is 24.4 Å². The Kier molecular flexibility index (Phi) is 16.8. The van der Waals surface area contributed by atoms with Crippen LogP contribution in [0.4, 0.5) is 0 Å². The first-order valence-corrected chi connectivity index (χ1v) is 21.6. The van der Waals surface area contributed by atoms with Crippen LogP contribution in [-0.2, 0) is 31.0 Å². The van der Waals surface area contributed by atoms with E-state index in [9.17, 15) is 24.0 Å². The number of carbonyl (C=O) groups excluding carboxylic acids is 5. The van der Waals surface area contributed by atoms with Crippen LogP contribution in [0.3, 0.4) is 0 Å². The molecule has 65 heavy (non-hydrogen) atoms. The molecule has 0 spiro atoms. The van der Waals surface area contributed by atoms with Crippen LogP contribution < -0.4 is 47.9 Å². The van der Waals surface area contributed by atoms with Gasteiger partial charge in [0.25, 0.3) is 5.91 Å². The Morgan fingerprint density at radius 2 is 1.54 bits per heavy atom. The number of fused-ring (bicyclic) bond motifs is 5. The Balaban J connectivity index is 1.55. The molecule has 0 saturated carbocycles. The number of benzene rings is 3. The second kappa shape index (κ2) is 22.2. The van der Waals surface area contributed by atoms with Crippen LogP contribution in [0.25, 0.3) is 22.4 Å². The molecule has 0 fully saturated rings. The molecule has 3 aromatic carbocycles. The summed E-state index contributed by atoms with van der Waals surface area (Å²) in [5, 5.41) is 19.9. The van der Waals surface area contributed by atoms with E-state index in [0.29, 0.717) is 45.1 Å². The second-order valence-corrected chi connectivity index (χ2v) is 16.8. The monoisotopic (exact) mass is 888 g/mol. The van der Waals surface area contributed by atoms with Crippen molar-refractivity contribution in [3.63, 3.8) is 0 Å². The van der Waals surface area contributed by atoms with Crippen LogP contribution in [0, 0.1) is 18.3 Å². The van der Waals surface area contributed by atoms with Gasteiger partial charge in [-0.15, -0.1) is 0 Å². The Morgan fingerprint density at radius 1 is 0.892 bits per heavy atom. The van der Waals surface area contributed by atoms with Gasteiger partial charge in [0.15, 0.2) is 0 Å². The molecule has 1 aromatic heterocycles. The Labute approximate surface area is 379 Å². The predicted molar refractivity (Wildman–Crippen MR) is 246 cm³/mol. The molecule has 5 rings (SSSR count). The van der Waals surface area contributed by atoms with E-state index in [2.05, 4.69) is 54.2 Å². The van der Waals surface area contributed by atoms with Crippen LogP contribution in [0.5, 0.6) is 11.5 Å². The van der Waals surface area contributed by atoms with Crippen LogP contribution in [-0.4, -0.2) is 104 Å². The second-order valence-electron chi connectivity index (χ2n) is 16.8. The zero-order valence-corrected chi connectivity index (χ0v) is 37.8. The first kappa shape index (κ1) is 49.2. The fourth-order valence-electron chi connectivity index (χ4n) is 7.47. The molecule has 17 nitrogen and oxygen atoms in total. The van der Waals surface area contributed by atoms with Gasteiger partial charge in [0.2, 0.25) is 23.6 Å². The minimum absolute atomic E-state index is 0.00577. The van der Waals surface area contributed by atoms with Crippen molar-refractivity contribution in [3.8, 4) is 40.0 Å².